The van der Waals surface area contributed by atoms with Crippen molar-refractivity contribution in [2.75, 3.05) is 24.2 Å². The first-order valence-electron chi connectivity index (χ1n) is 6.16. The van der Waals surface area contributed by atoms with E-state index in [0.29, 0.717) is 18.8 Å². The van der Waals surface area contributed by atoms with Crippen LogP contribution in [0.2, 0.25) is 0 Å². The molecule has 4 N–H and O–H groups in total. The van der Waals surface area contributed by atoms with Gasteiger partial charge in [-0.1, -0.05) is 0 Å². The topological polar surface area (TPSA) is 67.5 Å². The summed E-state index contributed by atoms with van der Waals surface area (Å²) in [6.07, 6.45) is -0.525. The fourth-order valence-corrected chi connectivity index (χ4v) is 2.48. The van der Waals surface area contributed by atoms with Crippen molar-refractivity contribution < 1.29 is 9.84 Å². The molecule has 0 saturated carbocycles. The highest BCUT2D eigenvalue weighted by atomic mass is 32.1. The second-order valence-corrected chi connectivity index (χ2v) is 4.96. The molecule has 102 valence electrons. The molecule has 0 aliphatic rings. The van der Waals surface area contributed by atoms with Gasteiger partial charge in [0.15, 0.2) is 0 Å². The first-order chi connectivity index (χ1) is 9.19. The lowest BCUT2D eigenvalue weighted by Gasteiger charge is -2.13. The summed E-state index contributed by atoms with van der Waals surface area (Å²) >= 11 is 1.57. The molecule has 1 heterocycles. The number of ether oxygens (including phenoxy) is 1. The van der Waals surface area contributed by atoms with Crippen LogP contribution in [-0.2, 0) is 0 Å². The lowest BCUT2D eigenvalue weighted by molar-refractivity contribution is 0.192. The molecular formula is C14H18N2O2S. The van der Waals surface area contributed by atoms with E-state index in [0.717, 1.165) is 17.0 Å². The minimum absolute atomic E-state index is 0.436. The highest BCUT2D eigenvalue weighted by molar-refractivity contribution is 7.07. The second-order valence-electron chi connectivity index (χ2n) is 4.18. The van der Waals surface area contributed by atoms with Crippen molar-refractivity contribution >= 4 is 22.7 Å². The molecule has 0 aliphatic carbocycles. The van der Waals surface area contributed by atoms with E-state index in [1.165, 1.54) is 0 Å². The molecule has 0 fully saturated rings. The van der Waals surface area contributed by atoms with Crippen LogP contribution in [0.5, 0.6) is 5.75 Å². The summed E-state index contributed by atoms with van der Waals surface area (Å²) in [5, 5.41) is 17.1. The Bertz CT molecular complexity index is 514. The Morgan fingerprint density at radius 3 is 2.95 bits per heavy atom. The molecule has 0 amide bonds. The Morgan fingerprint density at radius 2 is 2.26 bits per heavy atom. The predicted molar refractivity (Wildman–Crippen MR) is 79.8 cm³/mol. The summed E-state index contributed by atoms with van der Waals surface area (Å²) < 4.78 is 5.43. The number of aliphatic hydroxyl groups is 1. The standard InChI is InChI=1S/C14H18N2O2S/c1-2-18-13-6-11(15)5-12(7-13)16-8-14(17)10-3-4-19-9-10/h3-7,9,14,16-17H,2,8,15H2,1H3. The van der Waals surface area contributed by atoms with Gasteiger partial charge in [-0.2, -0.15) is 11.3 Å². The number of nitrogen functional groups attached to an aromatic ring is 1. The smallest absolute Gasteiger partial charge is 0.123 e. The third-order valence-corrected chi connectivity index (χ3v) is 3.37. The van der Waals surface area contributed by atoms with Gasteiger partial charge in [0, 0.05) is 30.1 Å². The molecule has 4 nitrogen and oxygen atoms in total. The van der Waals surface area contributed by atoms with E-state index in [2.05, 4.69) is 5.32 Å². The zero-order chi connectivity index (χ0) is 13.7. The van der Waals surface area contributed by atoms with Crippen LogP contribution in [0.4, 0.5) is 11.4 Å². The van der Waals surface area contributed by atoms with Crippen LogP contribution < -0.4 is 15.8 Å². The summed E-state index contributed by atoms with van der Waals surface area (Å²) in [4.78, 5) is 0. The van der Waals surface area contributed by atoms with E-state index in [9.17, 15) is 5.11 Å². The maximum atomic E-state index is 9.99. The van der Waals surface area contributed by atoms with Gasteiger partial charge in [0.05, 0.1) is 12.7 Å². The van der Waals surface area contributed by atoms with E-state index in [-0.39, 0.29) is 0 Å². The van der Waals surface area contributed by atoms with Gasteiger partial charge in [-0.25, -0.2) is 0 Å². The second kappa shape index (κ2) is 6.45. The molecule has 1 aromatic carbocycles. The van der Waals surface area contributed by atoms with Gasteiger partial charge in [0.25, 0.3) is 0 Å². The number of thiophene rings is 1. The van der Waals surface area contributed by atoms with Crippen molar-refractivity contribution in [2.45, 2.75) is 13.0 Å². The van der Waals surface area contributed by atoms with Crippen LogP contribution in [0.1, 0.15) is 18.6 Å². The van der Waals surface area contributed by atoms with E-state index < -0.39 is 6.10 Å². The first kappa shape index (κ1) is 13.7. The molecule has 1 aromatic heterocycles. The van der Waals surface area contributed by atoms with Gasteiger partial charge in [0.2, 0.25) is 0 Å². The van der Waals surface area contributed by atoms with Crippen LogP contribution in [0.25, 0.3) is 0 Å². The minimum atomic E-state index is -0.525. The van der Waals surface area contributed by atoms with Gasteiger partial charge in [0.1, 0.15) is 5.75 Å². The van der Waals surface area contributed by atoms with Crippen LogP contribution in [0.3, 0.4) is 0 Å². The van der Waals surface area contributed by atoms with Crippen molar-refractivity contribution in [1.29, 1.82) is 0 Å². The molecule has 1 unspecified atom stereocenters. The monoisotopic (exact) mass is 278 g/mol. The number of anilines is 2. The summed E-state index contributed by atoms with van der Waals surface area (Å²) in [6.45, 7) is 2.96. The fourth-order valence-electron chi connectivity index (χ4n) is 1.77. The Kier molecular flexibility index (Phi) is 4.65. The first-order valence-corrected chi connectivity index (χ1v) is 7.10. The Morgan fingerprint density at radius 1 is 1.42 bits per heavy atom. The number of rotatable bonds is 6. The molecule has 0 spiro atoms. The number of hydrogen-bond donors (Lipinski definition) is 3. The molecule has 0 radical (unpaired) electrons. The van der Waals surface area contributed by atoms with Crippen LogP contribution >= 0.6 is 11.3 Å². The van der Waals surface area contributed by atoms with Gasteiger partial charge < -0.3 is 20.9 Å². The maximum absolute atomic E-state index is 9.99. The third-order valence-electron chi connectivity index (χ3n) is 2.67. The van der Waals surface area contributed by atoms with Crippen LogP contribution in [0.15, 0.2) is 35.0 Å². The zero-order valence-corrected chi connectivity index (χ0v) is 11.6. The van der Waals surface area contributed by atoms with Crippen molar-refractivity contribution in [3.8, 4) is 5.75 Å². The summed E-state index contributed by atoms with van der Waals surface area (Å²) in [6, 6.07) is 7.40. The Labute approximate surface area is 116 Å². The fraction of sp³-hybridized carbons (Fsp3) is 0.286. The van der Waals surface area contributed by atoms with Gasteiger partial charge in [-0.05, 0) is 35.4 Å². The highest BCUT2D eigenvalue weighted by Crippen LogP contribution is 2.24. The van der Waals surface area contributed by atoms with E-state index in [1.54, 1.807) is 17.4 Å². The molecule has 0 bridgehead atoms. The predicted octanol–water partition coefficient (Wildman–Crippen LogP) is 2.87. The maximum Gasteiger partial charge on any atom is 0.123 e. The Balaban J connectivity index is 1.99. The van der Waals surface area contributed by atoms with Gasteiger partial charge in [-0.3, -0.25) is 0 Å². The molecule has 2 aromatic rings. The van der Waals surface area contributed by atoms with Crippen molar-refractivity contribution in [3.63, 3.8) is 0 Å². The van der Waals surface area contributed by atoms with Crippen LogP contribution in [-0.4, -0.2) is 18.3 Å². The molecule has 1 atom stereocenters. The number of nitrogens with two attached hydrogens (primary N) is 1. The SMILES string of the molecule is CCOc1cc(N)cc(NCC(O)c2ccsc2)c1. The average Bonchev–Trinajstić information content (AvgIpc) is 2.89. The third kappa shape index (κ3) is 3.87. The molecule has 2 rings (SSSR count). The van der Waals surface area contributed by atoms with E-state index in [4.69, 9.17) is 10.5 Å². The number of nitrogens with one attached hydrogen (secondary N) is 1. The number of aliphatic hydroxyl groups excluding tert-OH is 1. The molecule has 0 aliphatic heterocycles. The van der Waals surface area contributed by atoms with Crippen molar-refractivity contribution in [3.05, 3.63) is 40.6 Å². The minimum Gasteiger partial charge on any atom is -0.494 e. The van der Waals surface area contributed by atoms with Gasteiger partial charge >= 0.3 is 0 Å². The van der Waals surface area contributed by atoms with E-state index >= 15 is 0 Å². The number of benzene rings is 1. The molecular weight excluding hydrogens is 260 g/mol. The summed E-state index contributed by atoms with van der Waals surface area (Å²) in [5.41, 5.74) is 8.22. The van der Waals surface area contributed by atoms with Crippen molar-refractivity contribution in [2.24, 2.45) is 0 Å². The Hall–Kier alpha value is -1.72. The van der Waals surface area contributed by atoms with E-state index in [1.807, 2.05) is 35.9 Å². The largest absolute Gasteiger partial charge is 0.494 e. The average molecular weight is 278 g/mol. The summed E-state index contributed by atoms with van der Waals surface area (Å²) in [5.74, 6) is 0.732. The lowest BCUT2D eigenvalue weighted by Crippen LogP contribution is -2.11. The highest BCUT2D eigenvalue weighted by Gasteiger charge is 2.08. The zero-order valence-electron chi connectivity index (χ0n) is 10.8. The summed E-state index contributed by atoms with van der Waals surface area (Å²) in [7, 11) is 0. The lowest BCUT2D eigenvalue weighted by atomic mass is 10.2. The van der Waals surface area contributed by atoms with Crippen LogP contribution in [0, 0.1) is 0 Å². The van der Waals surface area contributed by atoms with Crippen molar-refractivity contribution in [1.82, 2.24) is 0 Å². The van der Waals surface area contributed by atoms with Gasteiger partial charge in [-0.15, -0.1) is 0 Å². The normalized spacial score (nSPS) is 12.1. The molecule has 5 heteroatoms. The molecule has 19 heavy (non-hydrogen) atoms. The molecule has 0 saturated heterocycles. The number of hydrogen-bond acceptors (Lipinski definition) is 5. The quantitative estimate of drug-likeness (QED) is 0.711.